The summed E-state index contributed by atoms with van der Waals surface area (Å²) in [5, 5.41) is 1.45. The maximum absolute atomic E-state index is 11.3. The van der Waals surface area contributed by atoms with Crippen LogP contribution >= 0.6 is 0 Å². The first-order valence-electron chi connectivity index (χ1n) is 4.27. The van der Waals surface area contributed by atoms with Crippen LogP contribution in [0.15, 0.2) is 0 Å². The van der Waals surface area contributed by atoms with Crippen LogP contribution in [0.25, 0.3) is 0 Å². The Morgan fingerprint density at radius 1 is 1.58 bits per heavy atom. The SMILES string of the molecule is COCCC(=O)N1CCCCO1. The molecule has 0 radical (unpaired) electrons. The van der Waals surface area contributed by atoms with Gasteiger partial charge in [0.2, 0.25) is 5.91 Å². The molecule has 0 atom stereocenters. The highest BCUT2D eigenvalue weighted by Crippen LogP contribution is 2.06. The summed E-state index contributed by atoms with van der Waals surface area (Å²) in [5.41, 5.74) is 0. The van der Waals surface area contributed by atoms with Crippen molar-refractivity contribution in [3.8, 4) is 0 Å². The number of rotatable bonds is 3. The molecule has 12 heavy (non-hydrogen) atoms. The van der Waals surface area contributed by atoms with Gasteiger partial charge in [-0.1, -0.05) is 0 Å². The Hall–Kier alpha value is -0.610. The molecule has 0 N–H and O–H groups in total. The van der Waals surface area contributed by atoms with Gasteiger partial charge in [-0.15, -0.1) is 0 Å². The number of amides is 1. The number of hydrogen-bond donors (Lipinski definition) is 0. The number of carbonyl (C=O) groups is 1. The largest absolute Gasteiger partial charge is 0.384 e. The van der Waals surface area contributed by atoms with Crippen LogP contribution in [0.5, 0.6) is 0 Å². The van der Waals surface area contributed by atoms with E-state index in [1.807, 2.05) is 0 Å². The van der Waals surface area contributed by atoms with Crippen LogP contribution < -0.4 is 0 Å². The zero-order chi connectivity index (χ0) is 8.81. The smallest absolute Gasteiger partial charge is 0.248 e. The third-order valence-electron chi connectivity index (χ3n) is 1.80. The molecule has 4 heteroatoms. The van der Waals surface area contributed by atoms with Gasteiger partial charge in [-0.05, 0) is 12.8 Å². The fourth-order valence-corrected chi connectivity index (χ4v) is 1.11. The molecule has 0 saturated carbocycles. The predicted octanol–water partition coefficient (Wildman–Crippen LogP) is 0.577. The maximum atomic E-state index is 11.3. The highest BCUT2D eigenvalue weighted by molar-refractivity contribution is 5.75. The van der Waals surface area contributed by atoms with E-state index in [-0.39, 0.29) is 5.91 Å². The van der Waals surface area contributed by atoms with Gasteiger partial charge in [0.05, 0.1) is 19.6 Å². The summed E-state index contributed by atoms with van der Waals surface area (Å²) in [4.78, 5) is 16.4. The van der Waals surface area contributed by atoms with Crippen LogP contribution in [0.2, 0.25) is 0 Å². The summed E-state index contributed by atoms with van der Waals surface area (Å²) in [6.07, 6.45) is 2.50. The van der Waals surface area contributed by atoms with Crippen molar-refractivity contribution in [2.24, 2.45) is 0 Å². The molecule has 0 bridgehead atoms. The Kier molecular flexibility index (Phi) is 4.04. The minimum Gasteiger partial charge on any atom is -0.384 e. The first-order valence-corrected chi connectivity index (χ1v) is 4.27. The van der Waals surface area contributed by atoms with E-state index in [0.717, 1.165) is 19.4 Å². The summed E-state index contributed by atoms with van der Waals surface area (Å²) in [6, 6.07) is 0. The van der Waals surface area contributed by atoms with E-state index in [1.165, 1.54) is 5.06 Å². The molecule has 0 aromatic carbocycles. The molecular formula is C8H15NO3. The second kappa shape index (κ2) is 5.11. The van der Waals surface area contributed by atoms with Crippen LogP contribution in [0, 0.1) is 0 Å². The quantitative estimate of drug-likeness (QED) is 0.626. The third kappa shape index (κ3) is 2.79. The van der Waals surface area contributed by atoms with Gasteiger partial charge in [0.1, 0.15) is 0 Å². The first-order chi connectivity index (χ1) is 5.84. The molecule has 0 spiro atoms. The van der Waals surface area contributed by atoms with Crippen LogP contribution in [0.1, 0.15) is 19.3 Å². The van der Waals surface area contributed by atoms with Crippen molar-refractivity contribution in [3.05, 3.63) is 0 Å². The van der Waals surface area contributed by atoms with Crippen molar-refractivity contribution in [3.63, 3.8) is 0 Å². The molecule has 0 aliphatic carbocycles. The van der Waals surface area contributed by atoms with Gasteiger partial charge in [0.15, 0.2) is 0 Å². The molecule has 0 aromatic heterocycles. The summed E-state index contributed by atoms with van der Waals surface area (Å²) >= 11 is 0. The molecule has 0 aromatic rings. The lowest BCUT2D eigenvalue weighted by Gasteiger charge is -2.25. The minimum absolute atomic E-state index is 0.0246. The monoisotopic (exact) mass is 173 g/mol. The van der Waals surface area contributed by atoms with E-state index < -0.39 is 0 Å². The third-order valence-corrected chi connectivity index (χ3v) is 1.80. The molecule has 1 aliphatic heterocycles. The Morgan fingerprint density at radius 3 is 3.00 bits per heavy atom. The van der Waals surface area contributed by atoms with Crippen molar-refractivity contribution < 1.29 is 14.4 Å². The van der Waals surface area contributed by atoms with Crippen molar-refractivity contribution in [1.82, 2.24) is 5.06 Å². The van der Waals surface area contributed by atoms with Gasteiger partial charge in [-0.25, -0.2) is 5.06 Å². The Balaban J connectivity index is 2.20. The fraction of sp³-hybridized carbons (Fsp3) is 0.875. The molecule has 1 saturated heterocycles. The summed E-state index contributed by atoms with van der Waals surface area (Å²) < 4.78 is 4.80. The minimum atomic E-state index is 0.0246. The molecule has 1 heterocycles. The maximum Gasteiger partial charge on any atom is 0.248 e. The Morgan fingerprint density at radius 2 is 2.42 bits per heavy atom. The number of methoxy groups -OCH3 is 1. The van der Waals surface area contributed by atoms with E-state index in [2.05, 4.69) is 0 Å². The fourth-order valence-electron chi connectivity index (χ4n) is 1.11. The second-order valence-corrected chi connectivity index (χ2v) is 2.78. The number of nitrogens with zero attached hydrogens (tertiary/aromatic N) is 1. The van der Waals surface area contributed by atoms with Gasteiger partial charge >= 0.3 is 0 Å². The van der Waals surface area contributed by atoms with Crippen LogP contribution in [-0.2, 0) is 14.4 Å². The molecule has 1 amide bonds. The zero-order valence-corrected chi connectivity index (χ0v) is 7.41. The van der Waals surface area contributed by atoms with Gasteiger partial charge in [0, 0.05) is 13.7 Å². The topological polar surface area (TPSA) is 38.8 Å². The lowest BCUT2D eigenvalue weighted by molar-refractivity contribution is -0.197. The lowest BCUT2D eigenvalue weighted by Crippen LogP contribution is -2.36. The molecule has 70 valence electrons. The predicted molar refractivity (Wildman–Crippen MR) is 43.4 cm³/mol. The number of hydrogen-bond acceptors (Lipinski definition) is 3. The Bertz CT molecular complexity index is 143. The first kappa shape index (κ1) is 9.48. The number of hydroxylamine groups is 2. The lowest BCUT2D eigenvalue weighted by atomic mass is 10.3. The number of carbonyl (C=O) groups excluding carboxylic acids is 1. The van der Waals surface area contributed by atoms with Gasteiger partial charge in [-0.3, -0.25) is 9.63 Å². The molecule has 1 fully saturated rings. The standard InChI is InChI=1S/C8H15NO3/c1-11-7-4-8(10)9-5-2-3-6-12-9/h2-7H2,1H3. The normalized spacial score (nSPS) is 17.9. The van der Waals surface area contributed by atoms with Crippen LogP contribution in [-0.4, -0.2) is 37.8 Å². The molecule has 1 aliphatic rings. The summed E-state index contributed by atoms with van der Waals surface area (Å²) in [6.45, 7) is 1.86. The van der Waals surface area contributed by atoms with E-state index in [9.17, 15) is 4.79 Å². The zero-order valence-electron chi connectivity index (χ0n) is 7.41. The van der Waals surface area contributed by atoms with Gasteiger partial charge in [0.25, 0.3) is 0 Å². The average Bonchev–Trinajstić information content (AvgIpc) is 2.15. The van der Waals surface area contributed by atoms with E-state index in [4.69, 9.17) is 9.57 Å². The second-order valence-electron chi connectivity index (χ2n) is 2.78. The highest BCUT2D eigenvalue weighted by atomic mass is 16.7. The van der Waals surface area contributed by atoms with Crippen molar-refractivity contribution in [2.75, 3.05) is 26.9 Å². The Labute approximate surface area is 72.4 Å². The van der Waals surface area contributed by atoms with Crippen molar-refractivity contribution in [2.45, 2.75) is 19.3 Å². The van der Waals surface area contributed by atoms with Crippen LogP contribution in [0.3, 0.4) is 0 Å². The summed E-state index contributed by atoms with van der Waals surface area (Å²) in [5.74, 6) is 0.0246. The van der Waals surface area contributed by atoms with E-state index in [1.54, 1.807) is 7.11 Å². The van der Waals surface area contributed by atoms with Gasteiger partial charge < -0.3 is 4.74 Å². The molecule has 0 unspecified atom stereocenters. The number of ether oxygens (including phenoxy) is 1. The molecular weight excluding hydrogens is 158 g/mol. The van der Waals surface area contributed by atoms with E-state index >= 15 is 0 Å². The average molecular weight is 173 g/mol. The van der Waals surface area contributed by atoms with E-state index in [0.29, 0.717) is 19.6 Å². The van der Waals surface area contributed by atoms with Crippen LogP contribution in [0.4, 0.5) is 0 Å². The van der Waals surface area contributed by atoms with Crippen molar-refractivity contribution >= 4 is 5.91 Å². The highest BCUT2D eigenvalue weighted by Gasteiger charge is 2.16. The summed E-state index contributed by atoms with van der Waals surface area (Å²) in [7, 11) is 1.59. The van der Waals surface area contributed by atoms with Gasteiger partial charge in [-0.2, -0.15) is 0 Å². The molecule has 1 rings (SSSR count). The van der Waals surface area contributed by atoms with Crippen molar-refractivity contribution in [1.29, 1.82) is 0 Å². The molecule has 4 nitrogen and oxygen atoms in total.